The van der Waals surface area contributed by atoms with Gasteiger partial charge >= 0.3 is 0 Å². The molecule has 45 heavy (non-hydrogen) atoms. The van der Waals surface area contributed by atoms with Crippen LogP contribution in [0.5, 0.6) is 11.5 Å². The molecule has 3 aromatic carbocycles. The molecule has 0 amide bonds. The first kappa shape index (κ1) is 32.3. The molecule has 1 aliphatic heterocycles. The van der Waals surface area contributed by atoms with Crippen molar-refractivity contribution in [3.8, 4) is 11.5 Å². The third kappa shape index (κ3) is 5.17. The summed E-state index contributed by atoms with van der Waals surface area (Å²) in [6.07, 6.45) is 7.62. The van der Waals surface area contributed by atoms with Crippen LogP contribution in [0.2, 0.25) is 23.2 Å². The fourth-order valence-electron chi connectivity index (χ4n) is 8.16. The lowest BCUT2D eigenvalue weighted by atomic mass is 9.57. The lowest BCUT2D eigenvalue weighted by Gasteiger charge is -2.52. The highest BCUT2D eigenvalue weighted by molar-refractivity contribution is 6.99. The van der Waals surface area contributed by atoms with E-state index in [0.29, 0.717) is 12.5 Å². The summed E-state index contributed by atoms with van der Waals surface area (Å²) in [7, 11) is -3.00. The molecule has 6 rings (SSSR count). The van der Waals surface area contributed by atoms with E-state index in [-0.39, 0.29) is 27.7 Å². The highest BCUT2D eigenvalue weighted by Crippen LogP contribution is 2.62. The van der Waals surface area contributed by atoms with E-state index in [2.05, 4.69) is 140 Å². The number of ether oxygens (including phenoxy) is 2. The van der Waals surface area contributed by atoms with Crippen molar-refractivity contribution in [2.24, 2.45) is 5.92 Å². The van der Waals surface area contributed by atoms with E-state index in [1.165, 1.54) is 21.5 Å². The Bertz CT molecular complexity index is 1500. The largest absolute Gasteiger partial charge is 0.493 e. The van der Waals surface area contributed by atoms with E-state index < -0.39 is 16.6 Å². The van der Waals surface area contributed by atoms with Crippen molar-refractivity contribution in [3.63, 3.8) is 0 Å². The molecule has 0 unspecified atom stereocenters. The van der Waals surface area contributed by atoms with E-state index in [0.717, 1.165) is 30.8 Å². The fourth-order valence-corrected chi connectivity index (χ4v) is 14.1. The first-order valence-corrected chi connectivity index (χ1v) is 21.6. The molecule has 0 radical (unpaired) electrons. The quantitative estimate of drug-likeness (QED) is 0.220. The topological polar surface area (TPSA) is 36.9 Å². The summed E-state index contributed by atoms with van der Waals surface area (Å²) in [4.78, 5) is 0. The lowest BCUT2D eigenvalue weighted by Crippen LogP contribution is -2.67. The zero-order valence-electron chi connectivity index (χ0n) is 28.8. The third-order valence-corrected chi connectivity index (χ3v) is 20.9. The molecule has 0 aromatic heterocycles. The molecule has 3 aromatic rings. The van der Waals surface area contributed by atoms with E-state index in [9.17, 15) is 0 Å². The van der Waals surface area contributed by atoms with E-state index in [4.69, 9.17) is 18.3 Å². The Kier molecular flexibility index (Phi) is 8.29. The molecule has 0 bridgehead atoms. The van der Waals surface area contributed by atoms with Crippen LogP contribution in [0.25, 0.3) is 6.08 Å². The number of hydrogen-bond acceptors (Lipinski definition) is 4. The predicted molar refractivity (Wildman–Crippen MR) is 191 cm³/mol. The number of hydrogen-bond donors (Lipinski definition) is 0. The van der Waals surface area contributed by atoms with Gasteiger partial charge in [0.05, 0.1) is 13.2 Å². The normalized spacial score (nSPS) is 24.2. The Hall–Kier alpha value is -2.65. The van der Waals surface area contributed by atoms with Gasteiger partial charge in [0.1, 0.15) is 6.10 Å². The molecule has 240 valence electrons. The molecule has 6 heteroatoms. The Morgan fingerprint density at radius 2 is 1.44 bits per heavy atom. The minimum absolute atomic E-state index is 0.0199. The molecule has 0 spiro atoms. The van der Waals surface area contributed by atoms with Crippen molar-refractivity contribution in [1.82, 2.24) is 0 Å². The number of methoxy groups -OCH3 is 1. The standard InChI is InChI=1S/C39H52O4Si2/c1-37(2,3)44(8,9)43-33-25-23-29-22-20-28-21-24-32(40-7)35-34(28)39(29,36(33)42-35)26-27-41-45(38(4,5)6,30-16-12-10-13-17-30)31-18-14-11-15-19-31/h10-22,24,29,33,36H,23,25-27H2,1-9H3/t29-,33-,36+,39+/m1/s1. The number of benzene rings is 3. The highest BCUT2D eigenvalue weighted by Gasteiger charge is 2.62. The zero-order valence-corrected chi connectivity index (χ0v) is 30.8. The third-order valence-electron chi connectivity index (χ3n) is 11.4. The van der Waals surface area contributed by atoms with Crippen LogP contribution < -0.4 is 19.8 Å². The molecule has 4 nitrogen and oxygen atoms in total. The van der Waals surface area contributed by atoms with Gasteiger partial charge in [0, 0.05) is 17.6 Å². The second kappa shape index (κ2) is 11.6. The smallest absolute Gasteiger partial charge is 0.261 e. The Balaban J connectivity index is 1.44. The molecule has 0 saturated heterocycles. The molecular formula is C39H52O4Si2. The van der Waals surface area contributed by atoms with Crippen molar-refractivity contribution in [3.05, 3.63) is 90.0 Å². The Labute approximate surface area is 273 Å². The number of rotatable bonds is 9. The van der Waals surface area contributed by atoms with Crippen LogP contribution in [0.1, 0.15) is 71.9 Å². The molecular weight excluding hydrogens is 589 g/mol. The van der Waals surface area contributed by atoms with Crippen LogP contribution in [-0.2, 0) is 14.3 Å². The van der Waals surface area contributed by atoms with E-state index >= 15 is 0 Å². The van der Waals surface area contributed by atoms with Crippen LogP contribution >= 0.6 is 0 Å². The molecule has 1 saturated carbocycles. The summed E-state index contributed by atoms with van der Waals surface area (Å²) in [5.41, 5.74) is 2.29. The van der Waals surface area contributed by atoms with Gasteiger partial charge in [-0.2, -0.15) is 0 Å². The van der Waals surface area contributed by atoms with Crippen LogP contribution in [0.15, 0.2) is 78.9 Å². The summed E-state index contributed by atoms with van der Waals surface area (Å²) in [6.45, 7) is 19.4. The average Bonchev–Trinajstić information content (AvgIpc) is 3.36. The van der Waals surface area contributed by atoms with Crippen LogP contribution in [-0.4, -0.2) is 42.6 Å². The van der Waals surface area contributed by atoms with Gasteiger partial charge in [-0.1, -0.05) is 120 Å². The van der Waals surface area contributed by atoms with Crippen molar-refractivity contribution < 1.29 is 18.3 Å². The Morgan fingerprint density at radius 1 is 0.822 bits per heavy atom. The van der Waals surface area contributed by atoms with Gasteiger partial charge < -0.3 is 18.3 Å². The Morgan fingerprint density at radius 3 is 2.00 bits per heavy atom. The summed E-state index contributed by atoms with van der Waals surface area (Å²) in [5.74, 6) is 2.08. The summed E-state index contributed by atoms with van der Waals surface area (Å²) < 4.78 is 27.8. The van der Waals surface area contributed by atoms with Crippen molar-refractivity contribution in [2.45, 2.75) is 102 Å². The van der Waals surface area contributed by atoms with Gasteiger partial charge in [0.2, 0.25) is 0 Å². The molecule has 3 aliphatic rings. The number of allylic oxidation sites excluding steroid dienone is 1. The first-order valence-electron chi connectivity index (χ1n) is 16.8. The van der Waals surface area contributed by atoms with Gasteiger partial charge in [0.25, 0.3) is 8.32 Å². The minimum Gasteiger partial charge on any atom is -0.493 e. The summed E-state index contributed by atoms with van der Waals surface area (Å²) in [6, 6.07) is 26.2. The maximum Gasteiger partial charge on any atom is 0.261 e. The summed E-state index contributed by atoms with van der Waals surface area (Å²) in [5, 5.41) is 2.66. The fraction of sp³-hybridized carbons (Fsp3) is 0.487. The van der Waals surface area contributed by atoms with Gasteiger partial charge in [-0.25, -0.2) is 0 Å². The highest BCUT2D eigenvalue weighted by atomic mass is 28.4. The van der Waals surface area contributed by atoms with Crippen molar-refractivity contribution in [1.29, 1.82) is 0 Å². The first-order chi connectivity index (χ1) is 21.3. The van der Waals surface area contributed by atoms with Crippen LogP contribution in [0.3, 0.4) is 0 Å². The molecule has 2 aliphatic carbocycles. The monoisotopic (exact) mass is 640 g/mol. The lowest BCUT2D eigenvalue weighted by molar-refractivity contribution is -0.0427. The zero-order chi connectivity index (χ0) is 32.3. The second-order valence-corrected chi connectivity index (χ2v) is 24.9. The van der Waals surface area contributed by atoms with Crippen molar-refractivity contribution in [2.75, 3.05) is 13.7 Å². The van der Waals surface area contributed by atoms with Gasteiger partial charge in [0.15, 0.2) is 19.8 Å². The van der Waals surface area contributed by atoms with Gasteiger partial charge in [-0.15, -0.1) is 0 Å². The predicted octanol–water partition coefficient (Wildman–Crippen LogP) is 8.49. The van der Waals surface area contributed by atoms with Crippen molar-refractivity contribution >= 4 is 33.1 Å². The maximum absolute atomic E-state index is 7.54. The van der Waals surface area contributed by atoms with Gasteiger partial charge in [-0.3, -0.25) is 0 Å². The molecule has 1 heterocycles. The summed E-state index contributed by atoms with van der Waals surface area (Å²) >= 11 is 0. The molecule has 0 N–H and O–H groups in total. The maximum atomic E-state index is 7.54. The minimum atomic E-state index is -2.70. The molecule has 1 fully saturated rings. The van der Waals surface area contributed by atoms with E-state index in [1.54, 1.807) is 7.11 Å². The molecule has 4 atom stereocenters. The van der Waals surface area contributed by atoms with Crippen LogP contribution in [0.4, 0.5) is 0 Å². The van der Waals surface area contributed by atoms with E-state index in [1.807, 2.05) is 0 Å². The SMILES string of the molecule is COc1ccc2c3c1O[C@H]1[C@H](O[Si](C)(C)C(C)(C)C)CC[C@@H](C=C2)[C@@]31CCO[Si](c1ccccc1)(c1ccccc1)C(C)(C)C. The van der Waals surface area contributed by atoms with Crippen LogP contribution in [0, 0.1) is 5.92 Å². The average molecular weight is 641 g/mol. The second-order valence-electron chi connectivity index (χ2n) is 15.9. The van der Waals surface area contributed by atoms with Gasteiger partial charge in [-0.05, 0) is 70.4 Å².